The van der Waals surface area contributed by atoms with E-state index in [1.54, 1.807) is 44.2 Å². The Hall–Kier alpha value is -8.15. The molecule has 1 aliphatic carbocycles. The van der Waals surface area contributed by atoms with Crippen molar-refractivity contribution in [3.8, 4) is 11.4 Å². The number of hydrogen-bond acceptors (Lipinski definition) is 18. The van der Waals surface area contributed by atoms with Crippen molar-refractivity contribution < 1.29 is 86.1 Å². The lowest BCUT2D eigenvalue weighted by Crippen LogP contribution is -2.55. The number of imide groups is 1. The number of phosphoric acid groups is 1. The van der Waals surface area contributed by atoms with Crippen molar-refractivity contribution in [3.63, 3.8) is 0 Å². The van der Waals surface area contributed by atoms with Crippen LogP contribution in [0.4, 0.5) is 4.39 Å². The molecule has 5 heterocycles. The van der Waals surface area contributed by atoms with Crippen molar-refractivity contribution in [2.75, 3.05) is 39.6 Å². The number of fused-ring (bicyclic) bond motifs is 5. The van der Waals surface area contributed by atoms with Gasteiger partial charge in [0.05, 0.1) is 54.7 Å². The maximum atomic E-state index is 15.4. The van der Waals surface area contributed by atoms with Gasteiger partial charge in [-0.25, -0.2) is 18.7 Å². The van der Waals surface area contributed by atoms with Crippen LogP contribution < -0.4 is 42.8 Å². The number of phosphoric ester groups is 1. The third kappa shape index (κ3) is 12.5. The highest BCUT2D eigenvalue weighted by atomic mass is 31.2. The van der Waals surface area contributed by atoms with Crippen LogP contribution in [0.5, 0.6) is 0 Å². The number of aryl methyl sites for hydroxylation is 1. The normalized spacial score (nSPS) is 18.1. The number of nitrogens with zero attached hydrogens (tertiary/aromatic N) is 3. The maximum absolute atomic E-state index is 15.4. The van der Waals surface area contributed by atoms with Crippen molar-refractivity contribution in [2.45, 2.75) is 82.7 Å². The zero-order valence-corrected chi connectivity index (χ0v) is 43.6. The molecule has 5 atom stereocenters. The molecule has 0 radical (unpaired) electrons. The molecular formula is C50H54FN10O18P. The molecule has 2 aromatic heterocycles. The Balaban J connectivity index is 0.842. The highest BCUT2D eigenvalue weighted by molar-refractivity contribution is 7.46. The van der Waals surface area contributed by atoms with E-state index in [-0.39, 0.29) is 66.9 Å². The summed E-state index contributed by atoms with van der Waals surface area (Å²) in [5.74, 6) is -8.75. The van der Waals surface area contributed by atoms with Crippen LogP contribution in [0.25, 0.3) is 22.3 Å². The van der Waals surface area contributed by atoms with Crippen molar-refractivity contribution >= 4 is 72.0 Å². The first-order valence-electron chi connectivity index (χ1n) is 24.8. The number of carbonyl (C=O) groups is 9. The number of rotatable bonds is 23. The van der Waals surface area contributed by atoms with Gasteiger partial charge in [-0.15, -0.1) is 0 Å². The van der Waals surface area contributed by atoms with Gasteiger partial charge in [-0.05, 0) is 54.5 Å². The van der Waals surface area contributed by atoms with Gasteiger partial charge in [-0.1, -0.05) is 37.3 Å². The molecule has 8 rings (SSSR count). The Morgan fingerprint density at radius 2 is 1.56 bits per heavy atom. The Kier molecular flexibility index (Phi) is 17.5. The number of aliphatic hydroxyl groups excluding tert-OH is 1. The highest BCUT2D eigenvalue weighted by Crippen LogP contribution is 2.46. The standard InChI is InChI=1S/C50H54FN10O18P/c1-3-50(73)29-14-34-43-27(20-60(34)47(70)28(29)21-77-49(50)72)42-31(10-9-26-24(2)30(51)15-32(58-43)41(26)42)59-46(69)48(71)78-23-56-37(63)18-54-44(67)33(13-25-7-5-4-6-8-25)57-38(64)19-53-36(62)17-55-45(68)35(16-52-22-79-80(74,75)76)61-39(65)11-12-40(61)66/h4-8,11-12,14-15,31,33,35,48,52,71,73H,3,9-10,13,16-23H2,1-2H3,(H,53,62)(H,54,67)(H,55,68)(H,56,63)(H,57,64)(H,59,69)(H2,74,75,76)/t31-,33-,35-,48-,50-/m0/s1. The predicted octanol–water partition coefficient (Wildman–Crippen LogP) is -2.93. The summed E-state index contributed by atoms with van der Waals surface area (Å²) in [6.45, 7) is -1.44. The van der Waals surface area contributed by atoms with Crippen molar-refractivity contribution in [3.05, 3.63) is 110 Å². The van der Waals surface area contributed by atoms with Crippen molar-refractivity contribution in [1.82, 2.24) is 51.7 Å². The number of cyclic esters (lactones) is 1. The molecule has 30 heteroatoms. The molecule has 0 unspecified atom stereocenters. The molecule has 2 aromatic carbocycles. The maximum Gasteiger partial charge on any atom is 0.470 e. The molecule has 0 fully saturated rings. The topological polar surface area (TPSA) is 402 Å². The largest absolute Gasteiger partial charge is 0.470 e. The molecule has 28 nitrogen and oxygen atoms in total. The van der Waals surface area contributed by atoms with Gasteiger partial charge in [-0.3, -0.25) is 57.9 Å². The number of hydrogen-bond donors (Lipinski definition) is 11. The fourth-order valence-corrected chi connectivity index (χ4v) is 10.0. The Labute approximate surface area is 452 Å². The number of pyridine rings is 2. The van der Waals surface area contributed by atoms with Gasteiger partial charge in [0.15, 0.2) is 5.60 Å². The molecule has 3 aliphatic heterocycles. The molecule has 80 heavy (non-hydrogen) atoms. The number of nitrogens with one attached hydrogen (secondary N) is 7. The van der Waals surface area contributed by atoms with Gasteiger partial charge in [0.1, 0.15) is 38.0 Å². The van der Waals surface area contributed by atoms with E-state index < -0.39 is 142 Å². The predicted molar refractivity (Wildman–Crippen MR) is 270 cm³/mol. The van der Waals surface area contributed by atoms with Crippen LogP contribution >= 0.6 is 7.82 Å². The van der Waals surface area contributed by atoms with E-state index in [2.05, 4.69) is 41.7 Å². The lowest BCUT2D eigenvalue weighted by atomic mass is 9.81. The number of carbonyl (C=O) groups excluding carboxylic acids is 9. The Morgan fingerprint density at radius 3 is 2.25 bits per heavy atom. The zero-order valence-electron chi connectivity index (χ0n) is 42.7. The number of aromatic nitrogens is 2. The summed E-state index contributed by atoms with van der Waals surface area (Å²) in [4.78, 5) is 153. The molecule has 8 amide bonds. The summed E-state index contributed by atoms with van der Waals surface area (Å²) >= 11 is 0. The quantitative estimate of drug-likeness (QED) is 0.0103. The monoisotopic (exact) mass is 1130 g/mol. The summed E-state index contributed by atoms with van der Waals surface area (Å²) in [5, 5.41) is 39.5. The summed E-state index contributed by atoms with van der Waals surface area (Å²) in [6.07, 6.45) is -0.0478. The Bertz CT molecular complexity index is 3350. The molecule has 4 aliphatic rings. The van der Waals surface area contributed by atoms with Crippen molar-refractivity contribution in [1.29, 1.82) is 0 Å². The summed E-state index contributed by atoms with van der Waals surface area (Å²) in [7, 11) is -4.91. The molecule has 0 saturated carbocycles. The van der Waals surface area contributed by atoms with E-state index >= 15 is 4.39 Å². The van der Waals surface area contributed by atoms with Crippen LogP contribution in [-0.4, -0.2) is 146 Å². The van der Waals surface area contributed by atoms with E-state index in [9.17, 15) is 62.7 Å². The molecule has 0 saturated heterocycles. The van der Waals surface area contributed by atoms with Gasteiger partial charge in [0.25, 0.3) is 23.3 Å². The van der Waals surface area contributed by atoms with E-state index in [1.807, 2.05) is 0 Å². The average Bonchev–Trinajstić information content (AvgIpc) is 4.00. The van der Waals surface area contributed by atoms with Crippen LogP contribution in [0.3, 0.4) is 0 Å². The first-order valence-corrected chi connectivity index (χ1v) is 26.3. The average molecular weight is 1130 g/mol. The lowest BCUT2D eigenvalue weighted by Gasteiger charge is -2.31. The van der Waals surface area contributed by atoms with Gasteiger partial charge in [-0.2, -0.15) is 0 Å². The molecular weight excluding hydrogens is 1080 g/mol. The number of amides is 8. The van der Waals surface area contributed by atoms with Crippen LogP contribution in [0.1, 0.15) is 64.8 Å². The van der Waals surface area contributed by atoms with Gasteiger partial charge in [0.2, 0.25) is 35.8 Å². The molecule has 11 N–H and O–H groups in total. The van der Waals surface area contributed by atoms with Crippen LogP contribution in [0.15, 0.2) is 59.4 Å². The molecule has 0 bridgehead atoms. The van der Waals surface area contributed by atoms with E-state index in [0.29, 0.717) is 38.1 Å². The fourth-order valence-electron chi connectivity index (χ4n) is 9.75. The molecule has 4 aromatic rings. The third-order valence-corrected chi connectivity index (χ3v) is 14.3. The zero-order chi connectivity index (χ0) is 57.8. The SMILES string of the molecule is CC[C@@]1(O)C(=O)OCc2c1cc1n(c2=O)Cc2c-1nc1cc(F)c(C)c3c1c2[C@@H](NC(=O)[C@@H](O)OCNC(=O)CNC(=O)[C@H](Cc1ccccc1)NC(=O)CNC(=O)CNC(=O)[C@H](CNCOP(=O)(O)O)N1C(=O)C=CC1=O)CC3. The second-order valence-electron chi connectivity index (χ2n) is 18.8. The first kappa shape index (κ1) is 58.0. The van der Waals surface area contributed by atoms with E-state index in [0.717, 1.165) is 12.2 Å². The molecule has 424 valence electrons. The Morgan fingerprint density at radius 1 is 0.887 bits per heavy atom. The second kappa shape index (κ2) is 24.1. The number of halogens is 1. The first-order chi connectivity index (χ1) is 38.0. The highest BCUT2D eigenvalue weighted by Gasteiger charge is 2.46. The van der Waals surface area contributed by atoms with E-state index in [4.69, 9.17) is 24.2 Å². The van der Waals surface area contributed by atoms with Crippen LogP contribution in [-0.2, 0) is 93.3 Å². The third-order valence-electron chi connectivity index (χ3n) is 13.8. The van der Waals surface area contributed by atoms with Crippen LogP contribution in [0.2, 0.25) is 0 Å². The van der Waals surface area contributed by atoms with Crippen LogP contribution in [0, 0.1) is 12.7 Å². The lowest BCUT2D eigenvalue weighted by molar-refractivity contribution is -0.172. The minimum atomic E-state index is -4.91. The van der Waals surface area contributed by atoms with Gasteiger partial charge in [0, 0.05) is 47.7 Å². The number of aliphatic hydroxyl groups is 2. The van der Waals surface area contributed by atoms with Gasteiger partial charge >= 0.3 is 13.8 Å². The summed E-state index contributed by atoms with van der Waals surface area (Å²) in [6, 6.07) is 7.39. The second-order valence-corrected chi connectivity index (χ2v) is 20.1. The van der Waals surface area contributed by atoms with Crippen molar-refractivity contribution in [2.24, 2.45) is 0 Å². The van der Waals surface area contributed by atoms with E-state index in [1.165, 1.54) is 16.7 Å². The number of esters is 1. The van der Waals surface area contributed by atoms with Gasteiger partial charge < -0.3 is 65.9 Å². The molecule has 0 spiro atoms. The number of benzene rings is 2. The minimum absolute atomic E-state index is 0.0398. The number of ether oxygens (including phenoxy) is 2. The summed E-state index contributed by atoms with van der Waals surface area (Å²) in [5.41, 5.74) is 0.870. The summed E-state index contributed by atoms with van der Waals surface area (Å²) < 4.78 is 42.5. The fraction of sp³-hybridized carbons (Fsp3) is 0.380. The smallest absolute Gasteiger partial charge is 0.458 e. The minimum Gasteiger partial charge on any atom is -0.458 e.